The summed E-state index contributed by atoms with van der Waals surface area (Å²) in [5, 5.41) is 13.2. The fourth-order valence-corrected chi connectivity index (χ4v) is 18.1. The number of unbranched alkanes of at least 4 members (excludes halogenated alkanes) is 1. The highest BCUT2D eigenvalue weighted by atomic mass is 28.4. The molecule has 2 N–H and O–H groups in total. The van der Waals surface area contributed by atoms with Crippen molar-refractivity contribution >= 4 is 31.4 Å². The average Bonchev–Trinajstić information content (AvgIpc) is 2.44. The van der Waals surface area contributed by atoms with Gasteiger partial charge in [-0.3, -0.25) is 0 Å². The van der Waals surface area contributed by atoms with Crippen LogP contribution in [-0.2, 0) is 8.91 Å². The van der Waals surface area contributed by atoms with E-state index >= 15 is 0 Å². The van der Waals surface area contributed by atoms with Crippen molar-refractivity contribution < 1.29 is 14.0 Å². The minimum atomic E-state index is -1.98. The van der Waals surface area contributed by atoms with E-state index in [0.717, 1.165) is 24.4 Å². The van der Waals surface area contributed by atoms with E-state index in [0.29, 0.717) is 5.57 Å². The predicted molar refractivity (Wildman–Crippen MR) is 112 cm³/mol. The summed E-state index contributed by atoms with van der Waals surface area (Å²) in [6.07, 6.45) is 4.97. The maximum atomic E-state index is 11.1. The molecule has 24 heavy (non-hydrogen) atoms. The Labute approximate surface area is 152 Å². The molecule has 142 valence electrons. The standard InChI is InChI=1S/C17H39NO3Si3/c1-10-11-12-16(18-13-14(2)17(19)20)24(8,9)21-23(6,7)15(3)22(4)5/h13,15-16,18,22H,10-12H2,1-9H3,(H,19,20)/b14-13+. The first-order valence-corrected chi connectivity index (χ1v) is 18.2. The van der Waals surface area contributed by atoms with Gasteiger partial charge in [0, 0.05) is 26.2 Å². The summed E-state index contributed by atoms with van der Waals surface area (Å²) in [5.74, 6) is -0.869. The number of carboxylic acid groups (broad SMARTS) is 1. The zero-order valence-corrected chi connectivity index (χ0v) is 20.3. The van der Waals surface area contributed by atoms with E-state index in [1.165, 1.54) is 0 Å². The molecule has 0 spiro atoms. The molecule has 0 amide bonds. The molecule has 0 aliphatic heterocycles. The Morgan fingerprint density at radius 1 is 1.25 bits per heavy atom. The van der Waals surface area contributed by atoms with Gasteiger partial charge in [-0.25, -0.2) is 4.79 Å². The zero-order chi connectivity index (χ0) is 19.1. The summed E-state index contributed by atoms with van der Waals surface area (Å²) < 4.78 is 6.87. The Hall–Kier alpha value is -0.379. The number of hydrogen-bond donors (Lipinski definition) is 2. The quantitative estimate of drug-likeness (QED) is 0.403. The molecule has 0 aromatic rings. The van der Waals surface area contributed by atoms with Gasteiger partial charge < -0.3 is 14.5 Å². The Bertz CT molecular complexity index is 437. The molecule has 0 bridgehead atoms. The first kappa shape index (κ1) is 23.6. The maximum Gasteiger partial charge on any atom is 0.332 e. The van der Waals surface area contributed by atoms with Crippen LogP contribution in [0.1, 0.15) is 40.0 Å². The van der Waals surface area contributed by atoms with E-state index in [1.54, 1.807) is 13.1 Å². The maximum absolute atomic E-state index is 11.1. The first-order chi connectivity index (χ1) is 10.8. The Balaban J connectivity index is 5.27. The van der Waals surface area contributed by atoms with Crippen LogP contribution in [0, 0.1) is 0 Å². The smallest absolute Gasteiger partial charge is 0.332 e. The second-order valence-corrected chi connectivity index (χ2v) is 21.3. The van der Waals surface area contributed by atoms with Crippen molar-refractivity contribution in [2.75, 3.05) is 0 Å². The lowest BCUT2D eigenvalue weighted by molar-refractivity contribution is -0.132. The number of nitrogens with one attached hydrogen (secondary N) is 1. The van der Waals surface area contributed by atoms with Crippen LogP contribution >= 0.6 is 0 Å². The average molecular weight is 390 g/mol. The lowest BCUT2D eigenvalue weighted by Crippen LogP contribution is -2.58. The highest BCUT2D eigenvalue weighted by molar-refractivity contribution is 6.92. The second-order valence-electron chi connectivity index (χ2n) is 8.34. The van der Waals surface area contributed by atoms with Gasteiger partial charge in [-0.05, 0) is 44.7 Å². The van der Waals surface area contributed by atoms with Crippen LogP contribution in [0.15, 0.2) is 11.8 Å². The van der Waals surface area contributed by atoms with Crippen LogP contribution in [0.25, 0.3) is 0 Å². The normalized spacial score (nSPS) is 16.2. The molecule has 0 aromatic carbocycles. The van der Waals surface area contributed by atoms with E-state index in [-0.39, 0.29) is 5.67 Å². The molecule has 0 radical (unpaired) electrons. The largest absolute Gasteiger partial charge is 0.478 e. The number of hydrogen-bond acceptors (Lipinski definition) is 3. The van der Waals surface area contributed by atoms with Crippen molar-refractivity contribution in [3.05, 3.63) is 11.8 Å². The first-order valence-electron chi connectivity index (χ1n) is 9.21. The van der Waals surface area contributed by atoms with E-state index in [9.17, 15) is 4.79 Å². The molecule has 0 heterocycles. The molecule has 2 atom stereocenters. The van der Waals surface area contributed by atoms with Crippen molar-refractivity contribution in [3.8, 4) is 0 Å². The summed E-state index contributed by atoms with van der Waals surface area (Å²) in [6.45, 7) is 20.3. The SMILES string of the molecule is CCCCC(N/C=C(\C)C(=O)O)[Si](C)(C)O[Si](C)(C)C(C)[SiH](C)C. The van der Waals surface area contributed by atoms with E-state index in [4.69, 9.17) is 9.22 Å². The topological polar surface area (TPSA) is 58.6 Å². The fraction of sp³-hybridized carbons (Fsp3) is 0.824. The molecular formula is C17H39NO3Si3. The van der Waals surface area contributed by atoms with Crippen molar-refractivity contribution in [3.63, 3.8) is 0 Å². The molecular weight excluding hydrogens is 350 g/mol. The van der Waals surface area contributed by atoms with Crippen molar-refractivity contribution in [2.24, 2.45) is 0 Å². The molecule has 7 heteroatoms. The fourth-order valence-electron chi connectivity index (χ4n) is 2.97. The van der Waals surface area contributed by atoms with Gasteiger partial charge in [0.05, 0.1) is 0 Å². The van der Waals surface area contributed by atoms with Crippen LogP contribution in [0.4, 0.5) is 0 Å². The Morgan fingerprint density at radius 3 is 2.21 bits per heavy atom. The van der Waals surface area contributed by atoms with Crippen LogP contribution in [0.5, 0.6) is 0 Å². The molecule has 0 saturated carbocycles. The van der Waals surface area contributed by atoms with Crippen LogP contribution < -0.4 is 5.32 Å². The lowest BCUT2D eigenvalue weighted by atomic mass is 10.2. The molecule has 0 fully saturated rings. The number of aliphatic carboxylic acids is 1. The third-order valence-electron chi connectivity index (χ3n) is 5.15. The van der Waals surface area contributed by atoms with E-state index < -0.39 is 31.4 Å². The van der Waals surface area contributed by atoms with Gasteiger partial charge in [-0.2, -0.15) is 0 Å². The van der Waals surface area contributed by atoms with Crippen molar-refractivity contribution in [1.29, 1.82) is 0 Å². The summed E-state index contributed by atoms with van der Waals surface area (Å²) >= 11 is 0. The third kappa shape index (κ3) is 7.67. The van der Waals surface area contributed by atoms with Crippen LogP contribution in [0.2, 0.25) is 44.4 Å². The second kappa shape index (κ2) is 9.94. The summed E-state index contributed by atoms with van der Waals surface area (Å²) in [6, 6.07) is 0. The number of carbonyl (C=O) groups is 1. The van der Waals surface area contributed by atoms with Crippen molar-refractivity contribution in [2.45, 2.75) is 90.1 Å². The minimum absolute atomic E-state index is 0.250. The Morgan fingerprint density at radius 2 is 1.79 bits per heavy atom. The number of carboxylic acids is 1. The molecule has 0 aliphatic carbocycles. The van der Waals surface area contributed by atoms with Crippen LogP contribution in [0.3, 0.4) is 0 Å². The number of rotatable bonds is 11. The van der Waals surface area contributed by atoms with Crippen LogP contribution in [-0.4, -0.2) is 42.2 Å². The summed E-state index contributed by atoms with van der Waals surface area (Å²) in [4.78, 5) is 11.1. The Kier molecular flexibility index (Phi) is 9.78. The highest BCUT2D eigenvalue weighted by Crippen LogP contribution is 2.30. The summed E-state index contributed by atoms with van der Waals surface area (Å²) in [5.41, 5.74) is 0.598. The van der Waals surface area contributed by atoms with Gasteiger partial charge in [-0.15, -0.1) is 0 Å². The van der Waals surface area contributed by atoms with E-state index in [1.807, 2.05) is 0 Å². The van der Waals surface area contributed by atoms with Gasteiger partial charge in [0.15, 0.2) is 16.6 Å². The van der Waals surface area contributed by atoms with Gasteiger partial charge in [0.25, 0.3) is 0 Å². The van der Waals surface area contributed by atoms with Gasteiger partial charge in [0.1, 0.15) is 0 Å². The summed E-state index contributed by atoms with van der Waals surface area (Å²) in [7, 11) is -4.45. The zero-order valence-electron chi connectivity index (χ0n) is 17.2. The van der Waals surface area contributed by atoms with Gasteiger partial charge in [0.2, 0.25) is 0 Å². The van der Waals surface area contributed by atoms with Gasteiger partial charge >= 0.3 is 5.97 Å². The van der Waals surface area contributed by atoms with E-state index in [2.05, 4.69) is 58.4 Å². The lowest BCUT2D eigenvalue weighted by Gasteiger charge is -2.43. The molecule has 4 nitrogen and oxygen atoms in total. The van der Waals surface area contributed by atoms with Crippen molar-refractivity contribution in [1.82, 2.24) is 5.32 Å². The predicted octanol–water partition coefficient (Wildman–Crippen LogP) is 4.51. The molecule has 2 unspecified atom stereocenters. The minimum Gasteiger partial charge on any atom is -0.478 e. The third-order valence-corrected chi connectivity index (χ3v) is 20.1. The highest BCUT2D eigenvalue weighted by Gasteiger charge is 2.42. The molecule has 0 saturated heterocycles. The molecule has 0 aliphatic rings. The molecule has 0 aromatic heterocycles. The van der Waals surface area contributed by atoms with Gasteiger partial charge in [-0.1, -0.05) is 39.8 Å². The monoisotopic (exact) mass is 389 g/mol. The molecule has 0 rings (SSSR count).